The zero-order valence-electron chi connectivity index (χ0n) is 18.5. The summed E-state index contributed by atoms with van der Waals surface area (Å²) in [6.07, 6.45) is 2.79. The summed E-state index contributed by atoms with van der Waals surface area (Å²) in [5.74, 6) is 0.617. The van der Waals surface area contributed by atoms with Crippen LogP contribution in [0, 0.1) is 5.92 Å². The molecule has 2 amide bonds. The number of hydrogen-bond acceptors (Lipinski definition) is 5. The number of benzene rings is 2. The van der Waals surface area contributed by atoms with E-state index in [0.717, 1.165) is 43.5 Å². The highest BCUT2D eigenvalue weighted by Gasteiger charge is 2.26. The Morgan fingerprint density at radius 2 is 1.61 bits per heavy atom. The lowest BCUT2D eigenvalue weighted by Gasteiger charge is -2.36. The molecule has 2 fully saturated rings. The van der Waals surface area contributed by atoms with Gasteiger partial charge in [0.2, 0.25) is 0 Å². The Kier molecular flexibility index (Phi) is 6.41. The van der Waals surface area contributed by atoms with Gasteiger partial charge in [-0.15, -0.1) is 11.3 Å². The molecule has 7 heteroatoms. The van der Waals surface area contributed by atoms with E-state index in [1.807, 2.05) is 29.6 Å². The Labute approximate surface area is 198 Å². The van der Waals surface area contributed by atoms with Crippen molar-refractivity contribution >= 4 is 40.2 Å². The van der Waals surface area contributed by atoms with Crippen LogP contribution in [-0.2, 0) is 0 Å². The number of amides is 2. The fraction of sp³-hybridized carbons (Fsp3) is 0.308. The van der Waals surface area contributed by atoms with Crippen molar-refractivity contribution in [3.05, 3.63) is 76.5 Å². The Bertz CT molecular complexity index is 1100. The lowest BCUT2D eigenvalue weighted by atomic mass is 10.1. The van der Waals surface area contributed by atoms with E-state index < -0.39 is 0 Å². The van der Waals surface area contributed by atoms with Crippen molar-refractivity contribution in [1.29, 1.82) is 0 Å². The summed E-state index contributed by atoms with van der Waals surface area (Å²) in [6, 6.07) is 18.6. The number of nitrogens with zero attached hydrogens (tertiary/aromatic N) is 2. The quantitative estimate of drug-likeness (QED) is 0.532. The number of rotatable bonds is 7. The molecule has 3 aromatic rings. The molecule has 2 N–H and O–H groups in total. The lowest BCUT2D eigenvalue weighted by molar-refractivity contribution is 0.102. The highest BCUT2D eigenvalue weighted by Crippen LogP contribution is 2.30. The SMILES string of the molecule is O=C(Nc1cccc(N2CCN(CC3CC3)CC2)c1)c1ccc(NC(=O)c2cccs2)cc1. The van der Waals surface area contributed by atoms with Gasteiger partial charge in [0, 0.05) is 55.3 Å². The first kappa shape index (κ1) is 21.7. The van der Waals surface area contributed by atoms with Gasteiger partial charge in [-0.25, -0.2) is 0 Å². The summed E-state index contributed by atoms with van der Waals surface area (Å²) in [7, 11) is 0. The number of anilines is 3. The van der Waals surface area contributed by atoms with E-state index >= 15 is 0 Å². The van der Waals surface area contributed by atoms with E-state index in [4.69, 9.17) is 0 Å². The first-order chi connectivity index (χ1) is 16.1. The Morgan fingerprint density at radius 3 is 2.30 bits per heavy atom. The number of hydrogen-bond donors (Lipinski definition) is 2. The van der Waals surface area contributed by atoms with E-state index in [1.54, 1.807) is 30.3 Å². The molecule has 5 rings (SSSR count). The first-order valence-electron chi connectivity index (χ1n) is 11.5. The van der Waals surface area contributed by atoms with Crippen LogP contribution in [-0.4, -0.2) is 49.4 Å². The van der Waals surface area contributed by atoms with Gasteiger partial charge in [-0.3, -0.25) is 14.5 Å². The second kappa shape index (κ2) is 9.77. The van der Waals surface area contributed by atoms with Crippen LogP contribution >= 0.6 is 11.3 Å². The van der Waals surface area contributed by atoms with Crippen molar-refractivity contribution in [2.24, 2.45) is 5.92 Å². The minimum absolute atomic E-state index is 0.146. The van der Waals surface area contributed by atoms with E-state index in [9.17, 15) is 9.59 Å². The standard InChI is InChI=1S/C26H28N4O2S/c31-25(20-8-10-21(11-9-20)27-26(32)24-5-2-16-33-24)28-22-3-1-4-23(17-22)30-14-12-29(13-15-30)18-19-6-7-19/h1-5,8-11,16-17,19H,6-7,12-15,18H2,(H,27,32)(H,28,31). The zero-order valence-corrected chi connectivity index (χ0v) is 19.3. The fourth-order valence-corrected chi connectivity index (χ4v) is 4.76. The van der Waals surface area contributed by atoms with Crippen molar-refractivity contribution in [3.63, 3.8) is 0 Å². The molecule has 1 aromatic heterocycles. The molecule has 1 saturated carbocycles. The molecule has 170 valence electrons. The molecule has 1 aliphatic carbocycles. The van der Waals surface area contributed by atoms with Crippen molar-refractivity contribution < 1.29 is 9.59 Å². The molecular weight excluding hydrogens is 432 g/mol. The maximum atomic E-state index is 12.8. The minimum atomic E-state index is -0.169. The first-order valence-corrected chi connectivity index (χ1v) is 12.4. The maximum Gasteiger partial charge on any atom is 0.265 e. The summed E-state index contributed by atoms with van der Waals surface area (Å²) in [5, 5.41) is 7.72. The Morgan fingerprint density at radius 1 is 0.848 bits per heavy atom. The third-order valence-corrected chi connectivity index (χ3v) is 7.07. The van der Waals surface area contributed by atoms with Crippen molar-refractivity contribution in [2.45, 2.75) is 12.8 Å². The van der Waals surface area contributed by atoms with Crippen LogP contribution in [0.2, 0.25) is 0 Å². The van der Waals surface area contributed by atoms with E-state index in [1.165, 1.54) is 30.7 Å². The summed E-state index contributed by atoms with van der Waals surface area (Å²) in [4.78, 5) is 30.6. The number of thiophene rings is 1. The predicted molar refractivity (Wildman–Crippen MR) is 134 cm³/mol. The maximum absolute atomic E-state index is 12.8. The summed E-state index contributed by atoms with van der Waals surface area (Å²) in [6.45, 7) is 5.48. The highest BCUT2D eigenvalue weighted by atomic mass is 32.1. The largest absolute Gasteiger partial charge is 0.369 e. The average Bonchev–Trinajstić information content (AvgIpc) is 3.47. The second-order valence-electron chi connectivity index (χ2n) is 8.74. The molecule has 1 saturated heterocycles. The third-order valence-electron chi connectivity index (χ3n) is 6.20. The van der Waals surface area contributed by atoms with Gasteiger partial charge in [-0.05, 0) is 72.7 Å². The monoisotopic (exact) mass is 460 g/mol. The van der Waals surface area contributed by atoms with Gasteiger partial charge in [0.05, 0.1) is 4.88 Å². The van der Waals surface area contributed by atoms with Gasteiger partial charge < -0.3 is 15.5 Å². The number of nitrogens with one attached hydrogen (secondary N) is 2. The highest BCUT2D eigenvalue weighted by molar-refractivity contribution is 7.12. The van der Waals surface area contributed by atoms with Crippen LogP contribution in [0.5, 0.6) is 0 Å². The summed E-state index contributed by atoms with van der Waals surface area (Å²) in [5.41, 5.74) is 3.13. The number of carbonyl (C=O) groups is 2. The third kappa shape index (κ3) is 5.61. The van der Waals surface area contributed by atoms with Crippen LogP contribution in [0.3, 0.4) is 0 Å². The minimum Gasteiger partial charge on any atom is -0.369 e. The molecule has 33 heavy (non-hydrogen) atoms. The predicted octanol–water partition coefficient (Wildman–Crippen LogP) is 4.78. The Hall–Kier alpha value is -3.16. The van der Waals surface area contributed by atoms with E-state index in [2.05, 4.69) is 26.5 Å². The normalized spacial score (nSPS) is 16.4. The van der Waals surface area contributed by atoms with Gasteiger partial charge >= 0.3 is 0 Å². The zero-order chi connectivity index (χ0) is 22.6. The van der Waals surface area contributed by atoms with Crippen molar-refractivity contribution in [2.75, 3.05) is 48.3 Å². The van der Waals surface area contributed by atoms with Crippen LogP contribution in [0.15, 0.2) is 66.0 Å². The summed E-state index contributed by atoms with van der Waals surface area (Å²) < 4.78 is 0. The second-order valence-corrected chi connectivity index (χ2v) is 9.69. The molecule has 0 atom stereocenters. The molecule has 0 spiro atoms. The molecule has 0 unspecified atom stereocenters. The fourth-order valence-electron chi connectivity index (χ4n) is 4.14. The topological polar surface area (TPSA) is 64.7 Å². The summed E-state index contributed by atoms with van der Waals surface area (Å²) >= 11 is 1.39. The average molecular weight is 461 g/mol. The molecule has 0 radical (unpaired) electrons. The van der Waals surface area contributed by atoms with Crippen LogP contribution in [0.4, 0.5) is 17.1 Å². The Balaban J connectivity index is 1.16. The van der Waals surface area contributed by atoms with Gasteiger partial charge in [0.1, 0.15) is 0 Å². The van der Waals surface area contributed by atoms with Crippen LogP contribution < -0.4 is 15.5 Å². The molecular formula is C26H28N4O2S. The van der Waals surface area contributed by atoms with E-state index in [0.29, 0.717) is 16.1 Å². The smallest absolute Gasteiger partial charge is 0.265 e. The molecule has 6 nitrogen and oxygen atoms in total. The number of carbonyl (C=O) groups excluding carboxylic acids is 2. The van der Waals surface area contributed by atoms with Gasteiger partial charge in [-0.2, -0.15) is 0 Å². The molecule has 2 aromatic carbocycles. The molecule has 2 aliphatic rings. The van der Waals surface area contributed by atoms with Crippen molar-refractivity contribution in [3.8, 4) is 0 Å². The van der Waals surface area contributed by atoms with Gasteiger partial charge in [0.15, 0.2) is 0 Å². The van der Waals surface area contributed by atoms with Gasteiger partial charge in [0.25, 0.3) is 11.8 Å². The molecule has 1 aliphatic heterocycles. The number of piperazine rings is 1. The van der Waals surface area contributed by atoms with Crippen LogP contribution in [0.25, 0.3) is 0 Å². The lowest BCUT2D eigenvalue weighted by Crippen LogP contribution is -2.47. The van der Waals surface area contributed by atoms with Crippen LogP contribution in [0.1, 0.15) is 32.9 Å². The molecule has 2 heterocycles. The van der Waals surface area contributed by atoms with Crippen molar-refractivity contribution in [1.82, 2.24) is 4.90 Å². The van der Waals surface area contributed by atoms with E-state index in [-0.39, 0.29) is 11.8 Å². The van der Waals surface area contributed by atoms with Gasteiger partial charge in [-0.1, -0.05) is 12.1 Å². The molecule has 0 bridgehead atoms.